The molecule has 0 fully saturated rings. The van der Waals surface area contributed by atoms with Crippen molar-refractivity contribution >= 4 is 17.6 Å². The second kappa shape index (κ2) is 6.31. The van der Waals surface area contributed by atoms with Crippen molar-refractivity contribution in [1.82, 2.24) is 0 Å². The van der Waals surface area contributed by atoms with Gasteiger partial charge in [0.05, 0.1) is 19.2 Å². The van der Waals surface area contributed by atoms with Gasteiger partial charge in [0.15, 0.2) is 11.5 Å². The van der Waals surface area contributed by atoms with Gasteiger partial charge in [-0.25, -0.2) is 4.79 Å². The van der Waals surface area contributed by atoms with Gasteiger partial charge in [-0.3, -0.25) is 0 Å². The highest BCUT2D eigenvalue weighted by Crippen LogP contribution is 2.37. The van der Waals surface area contributed by atoms with Crippen LogP contribution in [0.2, 0.25) is 5.02 Å². The normalized spacial score (nSPS) is 9.78. The molecule has 0 atom stereocenters. The lowest BCUT2D eigenvalue weighted by molar-refractivity contribution is -0.140. The van der Waals surface area contributed by atoms with Crippen LogP contribution in [0.4, 0.5) is 0 Å². The van der Waals surface area contributed by atoms with Crippen LogP contribution in [0.15, 0.2) is 24.3 Å². The van der Waals surface area contributed by atoms with Gasteiger partial charge >= 0.3 is 5.97 Å². The molecule has 0 aliphatic heterocycles. The maximum absolute atomic E-state index is 11.3. The van der Waals surface area contributed by atoms with Crippen LogP contribution in [0.25, 0.3) is 0 Å². The molecule has 0 unspecified atom stereocenters. The van der Waals surface area contributed by atoms with E-state index < -0.39 is 5.97 Å². The molecule has 0 N–H and O–H groups in total. The number of rotatable bonds is 5. The summed E-state index contributed by atoms with van der Waals surface area (Å²) in [6.07, 6.45) is 0. The summed E-state index contributed by atoms with van der Waals surface area (Å²) in [5.41, 5.74) is 0.982. The van der Waals surface area contributed by atoms with E-state index in [1.54, 1.807) is 19.1 Å². The molecule has 0 amide bonds. The minimum absolute atomic E-state index is 0.0604. The number of benzene rings is 1. The topological polar surface area (TPSA) is 44.8 Å². The molecule has 4 nitrogen and oxygen atoms in total. The quantitative estimate of drug-likeness (QED) is 0.609. The molecule has 0 heterocycles. The van der Waals surface area contributed by atoms with Gasteiger partial charge in [0.2, 0.25) is 0 Å². The molecule has 0 aromatic heterocycles. The molecule has 1 rings (SSSR count). The molecule has 0 aliphatic rings. The molecule has 18 heavy (non-hydrogen) atoms. The molecular weight excluding hydrogens is 256 g/mol. The molecule has 5 heteroatoms. The fourth-order valence-corrected chi connectivity index (χ4v) is 1.60. The number of esters is 1. The zero-order valence-corrected chi connectivity index (χ0v) is 11.3. The van der Waals surface area contributed by atoms with E-state index in [0.717, 1.165) is 0 Å². The summed E-state index contributed by atoms with van der Waals surface area (Å²) in [6, 6.07) is 3.42. The second-order valence-corrected chi connectivity index (χ2v) is 4.01. The number of halogens is 1. The van der Waals surface area contributed by atoms with Gasteiger partial charge in [-0.2, -0.15) is 0 Å². The zero-order chi connectivity index (χ0) is 13.7. The molecular formula is C13H15ClO4. The second-order valence-electron chi connectivity index (χ2n) is 3.63. The van der Waals surface area contributed by atoms with Crippen molar-refractivity contribution in [2.75, 3.05) is 14.2 Å². The molecule has 0 saturated carbocycles. The van der Waals surface area contributed by atoms with Gasteiger partial charge in [-0.1, -0.05) is 24.2 Å². The van der Waals surface area contributed by atoms with Crippen LogP contribution < -0.4 is 9.47 Å². The third-order valence-corrected chi connectivity index (χ3v) is 2.69. The minimum atomic E-state index is -0.458. The Bertz CT molecular complexity index is 468. The first-order valence-corrected chi connectivity index (χ1v) is 5.61. The highest BCUT2D eigenvalue weighted by atomic mass is 35.5. The van der Waals surface area contributed by atoms with Crippen LogP contribution in [-0.2, 0) is 16.1 Å². The summed E-state index contributed by atoms with van der Waals surface area (Å²) in [7, 11) is 3.02. The maximum Gasteiger partial charge on any atom is 0.333 e. The summed E-state index contributed by atoms with van der Waals surface area (Å²) in [4.78, 5) is 11.3. The van der Waals surface area contributed by atoms with E-state index in [4.69, 9.17) is 25.8 Å². The van der Waals surface area contributed by atoms with Crippen molar-refractivity contribution in [3.8, 4) is 11.5 Å². The molecule has 98 valence electrons. The summed E-state index contributed by atoms with van der Waals surface area (Å²) in [5.74, 6) is 0.487. The molecule has 0 aliphatic carbocycles. The predicted octanol–water partition coefficient (Wildman–Crippen LogP) is 2.98. The van der Waals surface area contributed by atoms with Crippen molar-refractivity contribution in [2.45, 2.75) is 13.5 Å². The standard InChI is InChI=1S/C13H15ClO4/c1-8(2)13(15)18-7-9-5-6-10(16-3)12(17-4)11(9)14/h5-6H,1,7H2,2-4H3. The smallest absolute Gasteiger partial charge is 0.333 e. The maximum atomic E-state index is 11.3. The van der Waals surface area contributed by atoms with Gasteiger partial charge in [0, 0.05) is 11.1 Å². The van der Waals surface area contributed by atoms with Crippen molar-refractivity contribution in [3.05, 3.63) is 34.9 Å². The van der Waals surface area contributed by atoms with Crippen LogP contribution in [-0.4, -0.2) is 20.2 Å². The number of methoxy groups -OCH3 is 2. The lowest BCUT2D eigenvalue weighted by atomic mass is 10.2. The van der Waals surface area contributed by atoms with Crippen molar-refractivity contribution in [1.29, 1.82) is 0 Å². The van der Waals surface area contributed by atoms with Crippen molar-refractivity contribution < 1.29 is 19.0 Å². The average Bonchev–Trinajstić information content (AvgIpc) is 2.36. The Morgan fingerprint density at radius 2 is 2.00 bits per heavy atom. The lowest BCUT2D eigenvalue weighted by Gasteiger charge is -2.12. The Morgan fingerprint density at radius 3 is 2.50 bits per heavy atom. The van der Waals surface area contributed by atoms with Crippen molar-refractivity contribution in [3.63, 3.8) is 0 Å². The third-order valence-electron chi connectivity index (χ3n) is 2.27. The number of ether oxygens (including phenoxy) is 3. The Balaban J connectivity index is 2.91. The summed E-state index contributed by atoms with van der Waals surface area (Å²) >= 11 is 6.14. The largest absolute Gasteiger partial charge is 0.493 e. The van der Waals surface area contributed by atoms with Gasteiger partial charge < -0.3 is 14.2 Å². The first kappa shape index (κ1) is 14.4. The first-order valence-electron chi connectivity index (χ1n) is 5.23. The van der Waals surface area contributed by atoms with E-state index in [2.05, 4.69) is 6.58 Å². The Hall–Kier alpha value is -1.68. The van der Waals surface area contributed by atoms with Crippen molar-refractivity contribution in [2.24, 2.45) is 0 Å². The average molecular weight is 271 g/mol. The van der Waals surface area contributed by atoms with E-state index in [1.165, 1.54) is 14.2 Å². The zero-order valence-electron chi connectivity index (χ0n) is 10.6. The van der Waals surface area contributed by atoms with Gasteiger partial charge in [0.1, 0.15) is 6.61 Å². The molecule has 0 bridgehead atoms. The molecule has 1 aromatic carbocycles. The SMILES string of the molecule is C=C(C)C(=O)OCc1ccc(OC)c(OC)c1Cl. The Morgan fingerprint density at radius 1 is 1.33 bits per heavy atom. The van der Waals surface area contributed by atoms with Crippen LogP contribution >= 0.6 is 11.6 Å². The summed E-state index contributed by atoms with van der Waals surface area (Å²) in [5, 5.41) is 0.367. The first-order chi connectivity index (χ1) is 8.51. The highest BCUT2D eigenvalue weighted by Gasteiger charge is 2.14. The number of hydrogen-bond acceptors (Lipinski definition) is 4. The van der Waals surface area contributed by atoms with Gasteiger partial charge in [-0.15, -0.1) is 0 Å². The van der Waals surface area contributed by atoms with Crippen LogP contribution in [0.5, 0.6) is 11.5 Å². The van der Waals surface area contributed by atoms with E-state index >= 15 is 0 Å². The van der Waals surface area contributed by atoms with Gasteiger partial charge in [-0.05, 0) is 13.0 Å². The van der Waals surface area contributed by atoms with Gasteiger partial charge in [0.25, 0.3) is 0 Å². The fourth-order valence-electron chi connectivity index (χ4n) is 1.31. The third kappa shape index (κ3) is 3.17. The Kier molecular flexibility index (Phi) is 5.04. The number of carbonyl (C=O) groups is 1. The number of hydrogen-bond donors (Lipinski definition) is 0. The number of carbonyl (C=O) groups excluding carboxylic acids is 1. The monoisotopic (exact) mass is 270 g/mol. The molecule has 0 saturated heterocycles. The summed E-state index contributed by atoms with van der Waals surface area (Å²) < 4.78 is 15.3. The van der Waals surface area contributed by atoms with E-state index in [-0.39, 0.29) is 6.61 Å². The van der Waals surface area contributed by atoms with E-state index in [1.807, 2.05) is 0 Å². The van der Waals surface area contributed by atoms with Crippen LogP contribution in [0.3, 0.4) is 0 Å². The molecule has 0 spiro atoms. The highest BCUT2D eigenvalue weighted by molar-refractivity contribution is 6.33. The minimum Gasteiger partial charge on any atom is -0.493 e. The lowest BCUT2D eigenvalue weighted by Crippen LogP contribution is -2.05. The van der Waals surface area contributed by atoms with E-state index in [0.29, 0.717) is 27.7 Å². The summed E-state index contributed by atoms with van der Waals surface area (Å²) in [6.45, 7) is 5.14. The molecule has 1 aromatic rings. The fraction of sp³-hybridized carbons (Fsp3) is 0.308. The van der Waals surface area contributed by atoms with E-state index in [9.17, 15) is 4.79 Å². The predicted molar refractivity (Wildman–Crippen MR) is 69.2 cm³/mol. The van der Waals surface area contributed by atoms with Crippen LogP contribution in [0, 0.1) is 0 Å². The van der Waals surface area contributed by atoms with Crippen LogP contribution in [0.1, 0.15) is 12.5 Å². The Labute approximate surface area is 111 Å². The molecule has 0 radical (unpaired) electrons.